The molecule has 156 valence electrons. The van der Waals surface area contributed by atoms with Crippen molar-refractivity contribution in [2.45, 2.75) is 58.0 Å². The average Bonchev–Trinajstić information content (AvgIpc) is 2.62. The Morgan fingerprint density at radius 2 is 1.72 bits per heavy atom. The van der Waals surface area contributed by atoms with Gasteiger partial charge in [0.1, 0.15) is 23.7 Å². The van der Waals surface area contributed by atoms with Gasteiger partial charge in [-0.15, -0.1) is 0 Å². The molecule has 1 saturated carbocycles. The van der Waals surface area contributed by atoms with E-state index in [-0.39, 0.29) is 12.6 Å². The van der Waals surface area contributed by atoms with E-state index in [4.69, 9.17) is 14.2 Å². The highest BCUT2D eigenvalue weighted by Gasteiger charge is 2.30. The number of carbonyl (C=O) groups excluding carboxylic acids is 1. The van der Waals surface area contributed by atoms with Crippen LogP contribution in [0.5, 0.6) is 11.5 Å². The summed E-state index contributed by atoms with van der Waals surface area (Å²) >= 11 is 0. The van der Waals surface area contributed by atoms with Crippen LogP contribution in [0.3, 0.4) is 0 Å². The van der Waals surface area contributed by atoms with Crippen LogP contribution in [0.1, 0.15) is 57.9 Å². The zero-order valence-electron chi connectivity index (χ0n) is 17.7. The minimum atomic E-state index is -0.454. The molecule has 2 aromatic rings. The van der Waals surface area contributed by atoms with Gasteiger partial charge >= 0.3 is 5.97 Å². The van der Waals surface area contributed by atoms with Crippen LogP contribution in [-0.4, -0.2) is 24.8 Å². The number of benzene rings is 2. The van der Waals surface area contributed by atoms with Gasteiger partial charge in [0.2, 0.25) is 0 Å². The second-order valence-corrected chi connectivity index (χ2v) is 8.80. The van der Waals surface area contributed by atoms with E-state index in [1.807, 2.05) is 57.2 Å². The zero-order chi connectivity index (χ0) is 20.7. The summed E-state index contributed by atoms with van der Waals surface area (Å²) in [5.41, 5.74) is 0.904. The monoisotopic (exact) mass is 396 g/mol. The van der Waals surface area contributed by atoms with Gasteiger partial charge in [-0.05, 0) is 88.1 Å². The van der Waals surface area contributed by atoms with E-state index >= 15 is 0 Å². The predicted molar refractivity (Wildman–Crippen MR) is 114 cm³/mol. The molecule has 0 atom stereocenters. The molecule has 0 unspecified atom stereocenters. The first-order valence-electron chi connectivity index (χ1n) is 10.5. The summed E-state index contributed by atoms with van der Waals surface area (Å²) in [6.07, 6.45) is 4.55. The topological polar surface area (TPSA) is 44.8 Å². The Morgan fingerprint density at radius 3 is 2.45 bits per heavy atom. The van der Waals surface area contributed by atoms with Crippen LogP contribution in [0.2, 0.25) is 0 Å². The number of rotatable bonds is 9. The molecule has 1 aliphatic carbocycles. The molecule has 0 bridgehead atoms. The maximum Gasteiger partial charge on any atom is 0.332 e. The molecule has 0 radical (unpaired) electrons. The summed E-state index contributed by atoms with van der Waals surface area (Å²) in [6, 6.07) is 18.3. The summed E-state index contributed by atoms with van der Waals surface area (Å²) in [4.78, 5) is 11.6. The number of carbonyl (C=O) groups is 1. The van der Waals surface area contributed by atoms with Crippen molar-refractivity contribution in [3.8, 4) is 11.5 Å². The maximum absolute atomic E-state index is 11.6. The Bertz CT molecular complexity index is 773. The van der Waals surface area contributed by atoms with Gasteiger partial charge in [-0.3, -0.25) is 0 Å². The normalized spacial score (nSPS) is 18.7. The average molecular weight is 397 g/mol. The molecule has 1 fully saturated rings. The van der Waals surface area contributed by atoms with Crippen molar-refractivity contribution in [2.24, 2.45) is 5.92 Å². The summed E-state index contributed by atoms with van der Waals surface area (Å²) in [7, 11) is 0. The van der Waals surface area contributed by atoms with Crippen molar-refractivity contribution in [1.29, 1.82) is 0 Å². The zero-order valence-corrected chi connectivity index (χ0v) is 17.7. The lowest BCUT2D eigenvalue weighted by Crippen LogP contribution is -2.26. The second kappa shape index (κ2) is 9.93. The first-order valence-corrected chi connectivity index (χ1v) is 10.5. The van der Waals surface area contributed by atoms with Crippen molar-refractivity contribution in [3.05, 3.63) is 60.2 Å². The highest BCUT2D eigenvalue weighted by atomic mass is 16.6. The molecule has 0 aliphatic heterocycles. The van der Waals surface area contributed by atoms with Gasteiger partial charge in [-0.25, -0.2) is 4.79 Å². The van der Waals surface area contributed by atoms with Crippen molar-refractivity contribution in [1.82, 2.24) is 0 Å². The van der Waals surface area contributed by atoms with E-state index in [1.54, 1.807) is 0 Å². The SMILES string of the molecule is CC(C)(C)OC(=O)COCCCC1CC(c2cccc(Oc3ccccc3)c2)C1. The van der Waals surface area contributed by atoms with Gasteiger partial charge in [0.05, 0.1) is 0 Å². The third-order valence-electron chi connectivity index (χ3n) is 5.09. The summed E-state index contributed by atoms with van der Waals surface area (Å²) < 4.78 is 16.6. The molecule has 0 N–H and O–H groups in total. The Morgan fingerprint density at radius 1 is 1.00 bits per heavy atom. The third-order valence-corrected chi connectivity index (χ3v) is 5.09. The molecular formula is C25H32O4. The van der Waals surface area contributed by atoms with Gasteiger partial charge in [-0.1, -0.05) is 30.3 Å². The van der Waals surface area contributed by atoms with E-state index in [2.05, 4.69) is 18.2 Å². The van der Waals surface area contributed by atoms with Crippen LogP contribution in [0.15, 0.2) is 54.6 Å². The largest absolute Gasteiger partial charge is 0.458 e. The Balaban J connectivity index is 1.33. The first kappa shape index (κ1) is 21.4. The predicted octanol–water partition coefficient (Wildman–Crippen LogP) is 6.11. The fourth-order valence-corrected chi connectivity index (χ4v) is 3.70. The fourth-order valence-electron chi connectivity index (χ4n) is 3.70. The van der Waals surface area contributed by atoms with E-state index in [1.165, 1.54) is 18.4 Å². The molecule has 0 aromatic heterocycles. The van der Waals surface area contributed by atoms with Crippen LogP contribution in [0.25, 0.3) is 0 Å². The fraction of sp³-hybridized carbons (Fsp3) is 0.480. The van der Waals surface area contributed by atoms with Crippen molar-refractivity contribution < 1.29 is 19.0 Å². The quantitative estimate of drug-likeness (QED) is 0.379. The maximum atomic E-state index is 11.6. The first-order chi connectivity index (χ1) is 13.9. The summed E-state index contributed by atoms with van der Waals surface area (Å²) in [5, 5.41) is 0. The molecular weight excluding hydrogens is 364 g/mol. The van der Waals surface area contributed by atoms with Gasteiger partial charge in [0.25, 0.3) is 0 Å². The van der Waals surface area contributed by atoms with Crippen LogP contribution >= 0.6 is 0 Å². The third kappa shape index (κ3) is 7.21. The number of hydrogen-bond donors (Lipinski definition) is 0. The highest BCUT2D eigenvalue weighted by molar-refractivity contribution is 5.71. The van der Waals surface area contributed by atoms with Gasteiger partial charge < -0.3 is 14.2 Å². The van der Waals surface area contributed by atoms with Crippen LogP contribution in [0.4, 0.5) is 0 Å². The van der Waals surface area contributed by atoms with Gasteiger partial charge in [0, 0.05) is 6.61 Å². The van der Waals surface area contributed by atoms with E-state index in [9.17, 15) is 4.79 Å². The van der Waals surface area contributed by atoms with Crippen LogP contribution < -0.4 is 4.74 Å². The second-order valence-electron chi connectivity index (χ2n) is 8.80. The van der Waals surface area contributed by atoms with E-state index < -0.39 is 5.60 Å². The smallest absolute Gasteiger partial charge is 0.332 e. The van der Waals surface area contributed by atoms with E-state index in [0.717, 1.165) is 30.3 Å². The molecule has 3 rings (SSSR count). The molecule has 4 nitrogen and oxygen atoms in total. The van der Waals surface area contributed by atoms with E-state index in [0.29, 0.717) is 12.5 Å². The van der Waals surface area contributed by atoms with Crippen molar-refractivity contribution in [3.63, 3.8) is 0 Å². The lowest BCUT2D eigenvalue weighted by atomic mass is 9.70. The summed E-state index contributed by atoms with van der Waals surface area (Å²) in [5.74, 6) is 2.82. The molecule has 1 aliphatic rings. The highest BCUT2D eigenvalue weighted by Crippen LogP contribution is 2.44. The Hall–Kier alpha value is -2.33. The molecule has 0 heterocycles. The number of para-hydroxylation sites is 1. The van der Waals surface area contributed by atoms with Gasteiger partial charge in [0.15, 0.2) is 0 Å². The standard InChI is InChI=1S/C25H32O4/c1-25(2,3)29-24(26)18-27-14-8-9-19-15-21(16-19)20-10-7-13-23(17-20)28-22-11-5-4-6-12-22/h4-7,10-13,17,19,21H,8-9,14-16,18H2,1-3H3. The minimum Gasteiger partial charge on any atom is -0.458 e. The lowest BCUT2D eigenvalue weighted by molar-refractivity contribution is -0.160. The van der Waals surface area contributed by atoms with Crippen LogP contribution in [-0.2, 0) is 14.3 Å². The molecule has 0 saturated heterocycles. The summed E-state index contributed by atoms with van der Waals surface area (Å²) in [6.45, 7) is 6.24. The Labute approximate surface area is 174 Å². The molecule has 4 heteroatoms. The van der Waals surface area contributed by atoms with Crippen LogP contribution in [0, 0.1) is 5.92 Å². The van der Waals surface area contributed by atoms with Gasteiger partial charge in [-0.2, -0.15) is 0 Å². The molecule has 0 spiro atoms. The van der Waals surface area contributed by atoms with Crippen molar-refractivity contribution in [2.75, 3.05) is 13.2 Å². The minimum absolute atomic E-state index is 0.0404. The Kier molecular flexibility index (Phi) is 7.32. The number of hydrogen-bond acceptors (Lipinski definition) is 4. The molecule has 2 aromatic carbocycles. The number of esters is 1. The van der Waals surface area contributed by atoms with Crippen molar-refractivity contribution >= 4 is 5.97 Å². The molecule has 29 heavy (non-hydrogen) atoms. The molecule has 0 amide bonds. The number of ether oxygens (including phenoxy) is 3. The lowest BCUT2D eigenvalue weighted by Gasteiger charge is -2.36.